The number of nitrogens with zero attached hydrogens (tertiary/aromatic N) is 4. The number of pyridine rings is 1. The highest BCUT2D eigenvalue weighted by Crippen LogP contribution is 2.36. The van der Waals surface area contributed by atoms with Crippen molar-refractivity contribution in [1.29, 1.82) is 0 Å². The number of allylic oxidation sites excluding steroid dienone is 1. The molecule has 1 unspecified atom stereocenters. The minimum Gasteiger partial charge on any atom is -0.486 e. The third-order valence-electron chi connectivity index (χ3n) is 6.82. The molecule has 2 radical (unpaired) electrons. The Balaban J connectivity index is 1.42. The lowest BCUT2D eigenvalue weighted by Gasteiger charge is -2.24. The van der Waals surface area contributed by atoms with Crippen molar-refractivity contribution < 1.29 is 14.3 Å². The zero-order valence-corrected chi connectivity index (χ0v) is 24.5. The number of carbonyl (C=O) groups excluding carboxylic acids is 1. The fraction of sp³-hybridized carbons (Fsp3) is 0.312. The number of nitrogens with one attached hydrogen (secondary N) is 2. The van der Waals surface area contributed by atoms with E-state index in [1.165, 1.54) is 6.33 Å². The van der Waals surface area contributed by atoms with Crippen LogP contribution in [0, 0.1) is 0 Å². The van der Waals surface area contributed by atoms with Crippen molar-refractivity contribution in [1.82, 2.24) is 19.9 Å². The highest BCUT2D eigenvalue weighted by atomic mass is 16.6. The van der Waals surface area contributed by atoms with Gasteiger partial charge >= 0.3 is 6.09 Å². The van der Waals surface area contributed by atoms with Crippen LogP contribution in [0.2, 0.25) is 0 Å². The van der Waals surface area contributed by atoms with E-state index < -0.39 is 5.60 Å². The SMILES string of the molecule is [B]c1ccccc1-c1cc(Nc2ncnc3cc(OC4CCN(C(=O)OC(C)(C)C)C4)c(NC(=C)CC)cc23)ccn1. The third-order valence-corrected chi connectivity index (χ3v) is 6.82. The van der Waals surface area contributed by atoms with E-state index in [0.717, 1.165) is 40.1 Å². The van der Waals surface area contributed by atoms with Gasteiger partial charge in [0.25, 0.3) is 0 Å². The Hall–Kier alpha value is -4.60. The van der Waals surface area contributed by atoms with Crippen molar-refractivity contribution in [3.05, 3.63) is 73.3 Å². The minimum absolute atomic E-state index is 0.189. The van der Waals surface area contributed by atoms with Crippen LogP contribution >= 0.6 is 0 Å². The van der Waals surface area contributed by atoms with E-state index in [-0.39, 0.29) is 12.2 Å². The summed E-state index contributed by atoms with van der Waals surface area (Å²) in [5.74, 6) is 1.26. The fourth-order valence-electron chi connectivity index (χ4n) is 4.68. The number of hydrogen-bond donors (Lipinski definition) is 2. The van der Waals surface area contributed by atoms with Crippen LogP contribution in [-0.4, -0.2) is 58.6 Å². The fourth-order valence-corrected chi connectivity index (χ4v) is 4.68. The first kappa shape index (κ1) is 28.9. The molecule has 9 nitrogen and oxygen atoms in total. The Morgan fingerprint density at radius 2 is 1.95 bits per heavy atom. The van der Waals surface area contributed by atoms with Crippen molar-refractivity contribution in [2.24, 2.45) is 0 Å². The van der Waals surface area contributed by atoms with Gasteiger partial charge in [0.15, 0.2) is 0 Å². The highest BCUT2D eigenvalue weighted by Gasteiger charge is 2.31. The molecule has 1 atom stereocenters. The van der Waals surface area contributed by atoms with Crippen LogP contribution in [0.1, 0.15) is 40.5 Å². The first-order valence-electron chi connectivity index (χ1n) is 14.1. The lowest BCUT2D eigenvalue weighted by Crippen LogP contribution is -2.36. The third kappa shape index (κ3) is 6.82. The van der Waals surface area contributed by atoms with Gasteiger partial charge in [-0.3, -0.25) is 4.98 Å². The molecular formula is C32H35BN6O3. The van der Waals surface area contributed by atoms with Crippen LogP contribution in [0.4, 0.5) is 22.0 Å². The Kier molecular flexibility index (Phi) is 8.33. The van der Waals surface area contributed by atoms with E-state index in [0.29, 0.717) is 42.1 Å². The Labute approximate surface area is 247 Å². The van der Waals surface area contributed by atoms with E-state index >= 15 is 0 Å². The van der Waals surface area contributed by atoms with Crippen molar-refractivity contribution in [3.63, 3.8) is 0 Å². The molecule has 214 valence electrons. The van der Waals surface area contributed by atoms with Crippen molar-refractivity contribution in [2.75, 3.05) is 23.7 Å². The summed E-state index contributed by atoms with van der Waals surface area (Å²) in [6.45, 7) is 12.7. The van der Waals surface area contributed by atoms with Gasteiger partial charge in [-0.1, -0.05) is 43.2 Å². The number of amides is 1. The second kappa shape index (κ2) is 12.1. The predicted molar refractivity (Wildman–Crippen MR) is 168 cm³/mol. The Bertz CT molecular complexity index is 1620. The number of fused-ring (bicyclic) bond motifs is 1. The van der Waals surface area contributed by atoms with Crippen molar-refractivity contribution in [2.45, 2.75) is 52.2 Å². The molecule has 2 aromatic heterocycles. The number of hydrogen-bond acceptors (Lipinski definition) is 8. The average molecular weight is 562 g/mol. The maximum atomic E-state index is 12.6. The first-order chi connectivity index (χ1) is 20.1. The molecular weight excluding hydrogens is 527 g/mol. The zero-order chi connectivity index (χ0) is 29.9. The number of likely N-dealkylation sites (tertiary alicyclic amines) is 1. The van der Waals surface area contributed by atoms with Gasteiger partial charge in [0.05, 0.1) is 23.4 Å². The standard InChI is InChI=1S/C32H35BN6O3/c1-6-20(2)37-28-16-24-27(17-29(28)41-22-12-14-39(18-22)31(40)42-32(3,4)5)35-19-36-30(24)38-21-11-13-34-26(15-21)23-9-7-8-10-25(23)33/h7-11,13,15-17,19,22,37H,2,6,12,14,18H2,1,3-5H3,(H,34,35,36,38). The quantitative estimate of drug-likeness (QED) is 0.254. The molecule has 10 heteroatoms. The van der Waals surface area contributed by atoms with Gasteiger partial charge in [0.1, 0.15) is 37.4 Å². The van der Waals surface area contributed by atoms with Crippen LogP contribution in [-0.2, 0) is 4.74 Å². The van der Waals surface area contributed by atoms with Gasteiger partial charge in [-0.05, 0) is 51.0 Å². The number of aromatic nitrogens is 3. The molecule has 1 aliphatic heterocycles. The molecule has 1 aliphatic rings. The largest absolute Gasteiger partial charge is 0.486 e. The van der Waals surface area contributed by atoms with Gasteiger partial charge in [-0.2, -0.15) is 0 Å². The summed E-state index contributed by atoms with van der Waals surface area (Å²) in [4.78, 5) is 27.8. The van der Waals surface area contributed by atoms with Gasteiger partial charge in [-0.25, -0.2) is 14.8 Å². The maximum absolute atomic E-state index is 12.6. The molecule has 3 heterocycles. The summed E-state index contributed by atoms with van der Waals surface area (Å²) in [5.41, 5.74) is 4.82. The molecule has 42 heavy (non-hydrogen) atoms. The number of carbonyl (C=O) groups is 1. The van der Waals surface area contributed by atoms with E-state index in [9.17, 15) is 4.79 Å². The molecule has 1 fully saturated rings. The van der Waals surface area contributed by atoms with Crippen LogP contribution in [0.15, 0.2) is 73.3 Å². The van der Waals surface area contributed by atoms with Gasteiger partial charge in [0.2, 0.25) is 0 Å². The second-order valence-electron chi connectivity index (χ2n) is 11.3. The van der Waals surface area contributed by atoms with E-state index in [2.05, 4.69) is 32.2 Å². The Morgan fingerprint density at radius 1 is 1.14 bits per heavy atom. The summed E-state index contributed by atoms with van der Waals surface area (Å²) in [6, 6.07) is 15.3. The normalized spacial score (nSPS) is 15.0. The number of ether oxygens (including phenoxy) is 2. The topological polar surface area (TPSA) is 102 Å². The summed E-state index contributed by atoms with van der Waals surface area (Å²) in [6.07, 6.45) is 4.17. The van der Waals surface area contributed by atoms with E-state index in [1.54, 1.807) is 11.1 Å². The molecule has 5 rings (SSSR count). The number of benzene rings is 2. The van der Waals surface area contributed by atoms with Crippen LogP contribution in [0.5, 0.6) is 5.75 Å². The summed E-state index contributed by atoms with van der Waals surface area (Å²) >= 11 is 0. The zero-order valence-electron chi connectivity index (χ0n) is 24.5. The van der Waals surface area contributed by atoms with Crippen LogP contribution in [0.3, 0.4) is 0 Å². The lowest BCUT2D eigenvalue weighted by molar-refractivity contribution is 0.0276. The number of anilines is 3. The maximum Gasteiger partial charge on any atom is 0.410 e. The van der Waals surface area contributed by atoms with Crippen molar-refractivity contribution in [3.8, 4) is 17.0 Å². The first-order valence-corrected chi connectivity index (χ1v) is 14.1. The smallest absolute Gasteiger partial charge is 0.410 e. The monoisotopic (exact) mass is 562 g/mol. The molecule has 0 saturated carbocycles. The van der Waals surface area contributed by atoms with Crippen molar-refractivity contribution >= 4 is 47.5 Å². The molecule has 4 aromatic rings. The van der Waals surface area contributed by atoms with Gasteiger partial charge < -0.3 is 25.0 Å². The van der Waals surface area contributed by atoms with Crippen LogP contribution < -0.4 is 20.8 Å². The molecule has 1 saturated heterocycles. The van der Waals surface area contributed by atoms with Crippen LogP contribution in [0.25, 0.3) is 22.2 Å². The molecule has 2 aromatic carbocycles. The number of rotatable bonds is 8. The summed E-state index contributed by atoms with van der Waals surface area (Å²) < 4.78 is 12.0. The highest BCUT2D eigenvalue weighted by molar-refractivity contribution is 6.35. The lowest BCUT2D eigenvalue weighted by atomic mass is 9.89. The average Bonchev–Trinajstić information content (AvgIpc) is 3.42. The summed E-state index contributed by atoms with van der Waals surface area (Å²) in [7, 11) is 6.18. The summed E-state index contributed by atoms with van der Waals surface area (Å²) in [5, 5.41) is 7.61. The Morgan fingerprint density at radius 3 is 2.71 bits per heavy atom. The molecule has 1 amide bonds. The molecule has 0 spiro atoms. The second-order valence-corrected chi connectivity index (χ2v) is 11.3. The molecule has 0 bridgehead atoms. The van der Waals surface area contributed by atoms with Gasteiger partial charge in [0, 0.05) is 42.0 Å². The minimum atomic E-state index is -0.551. The van der Waals surface area contributed by atoms with E-state index in [4.69, 9.17) is 17.3 Å². The van der Waals surface area contributed by atoms with E-state index in [1.807, 2.05) is 76.2 Å². The molecule has 0 aliphatic carbocycles. The van der Waals surface area contributed by atoms with Gasteiger partial charge in [-0.15, -0.1) is 0 Å². The molecule has 2 N–H and O–H groups in total. The predicted octanol–water partition coefficient (Wildman–Crippen LogP) is 5.95.